The second-order valence-electron chi connectivity index (χ2n) is 7.54. The Morgan fingerprint density at radius 3 is 2.74 bits per heavy atom. The lowest BCUT2D eigenvalue weighted by atomic mass is 9.96. The number of amides is 1. The van der Waals surface area contributed by atoms with Crippen molar-refractivity contribution in [2.75, 3.05) is 25.2 Å². The van der Waals surface area contributed by atoms with Gasteiger partial charge in [0.2, 0.25) is 0 Å². The number of carbonyl (C=O) groups excluding carboxylic acids is 1. The molecule has 6 nitrogen and oxygen atoms in total. The molecule has 0 saturated carbocycles. The predicted molar refractivity (Wildman–Crippen MR) is 122 cm³/mol. The van der Waals surface area contributed by atoms with Crippen molar-refractivity contribution in [2.45, 2.75) is 38.0 Å². The van der Waals surface area contributed by atoms with Crippen LogP contribution in [0.1, 0.15) is 35.2 Å². The van der Waals surface area contributed by atoms with Crippen molar-refractivity contribution in [2.24, 2.45) is 0 Å². The summed E-state index contributed by atoms with van der Waals surface area (Å²) in [6, 6.07) is 14.2. The molecule has 2 N–H and O–H groups in total. The molecule has 2 aromatic carbocycles. The smallest absolute Gasteiger partial charge is 0.326 e. The van der Waals surface area contributed by atoms with Crippen molar-refractivity contribution in [3.8, 4) is 11.1 Å². The van der Waals surface area contributed by atoms with Crippen LogP contribution in [0.2, 0.25) is 0 Å². The average Bonchev–Trinajstić information content (AvgIpc) is 3.30. The van der Waals surface area contributed by atoms with E-state index in [2.05, 4.69) is 5.32 Å². The van der Waals surface area contributed by atoms with Gasteiger partial charge in [-0.25, -0.2) is 4.79 Å². The van der Waals surface area contributed by atoms with Gasteiger partial charge in [0.05, 0.1) is 19.3 Å². The van der Waals surface area contributed by atoms with Gasteiger partial charge in [-0.3, -0.25) is 4.79 Å². The third-order valence-corrected chi connectivity index (χ3v) is 5.87. The lowest BCUT2D eigenvalue weighted by molar-refractivity contribution is -0.139. The molecule has 3 rings (SSSR count). The average molecular weight is 444 g/mol. The maximum absolute atomic E-state index is 13.0. The largest absolute Gasteiger partial charge is 0.480 e. The Labute approximate surface area is 187 Å². The topological polar surface area (TPSA) is 84.9 Å². The molecule has 166 valence electrons. The molecule has 1 saturated heterocycles. The predicted octanol–water partition coefficient (Wildman–Crippen LogP) is 3.99. The van der Waals surface area contributed by atoms with E-state index >= 15 is 0 Å². The minimum Gasteiger partial charge on any atom is -0.480 e. The van der Waals surface area contributed by atoms with Gasteiger partial charge in [-0.1, -0.05) is 36.4 Å². The van der Waals surface area contributed by atoms with Crippen LogP contribution < -0.4 is 5.32 Å². The highest BCUT2D eigenvalue weighted by Crippen LogP contribution is 2.26. The van der Waals surface area contributed by atoms with Crippen molar-refractivity contribution in [1.82, 2.24) is 5.32 Å². The van der Waals surface area contributed by atoms with Gasteiger partial charge in [-0.2, -0.15) is 11.8 Å². The zero-order valence-electron chi connectivity index (χ0n) is 17.7. The van der Waals surface area contributed by atoms with Gasteiger partial charge in [0.25, 0.3) is 5.91 Å². The number of nitrogens with one attached hydrogen (secondary N) is 1. The number of benzene rings is 2. The Morgan fingerprint density at radius 2 is 2.06 bits per heavy atom. The number of carboxylic acids is 1. The van der Waals surface area contributed by atoms with E-state index in [4.69, 9.17) is 9.47 Å². The van der Waals surface area contributed by atoms with Crippen LogP contribution in [0.25, 0.3) is 11.1 Å². The maximum Gasteiger partial charge on any atom is 0.326 e. The van der Waals surface area contributed by atoms with E-state index in [-0.39, 0.29) is 12.0 Å². The highest BCUT2D eigenvalue weighted by molar-refractivity contribution is 7.98. The second-order valence-corrected chi connectivity index (χ2v) is 8.53. The van der Waals surface area contributed by atoms with Gasteiger partial charge < -0.3 is 19.9 Å². The molecule has 0 spiro atoms. The highest BCUT2D eigenvalue weighted by Gasteiger charge is 2.22. The molecule has 2 aromatic rings. The van der Waals surface area contributed by atoms with Crippen LogP contribution in [0, 0.1) is 0 Å². The van der Waals surface area contributed by atoms with Crippen molar-refractivity contribution < 1.29 is 24.2 Å². The zero-order valence-corrected chi connectivity index (χ0v) is 18.5. The number of carbonyl (C=O) groups is 2. The van der Waals surface area contributed by atoms with Crippen molar-refractivity contribution in [1.29, 1.82) is 0 Å². The number of thioether (sulfide) groups is 1. The van der Waals surface area contributed by atoms with Crippen LogP contribution in [0.15, 0.2) is 48.5 Å². The Hall–Kier alpha value is -2.35. The van der Waals surface area contributed by atoms with E-state index in [1.54, 1.807) is 17.8 Å². The van der Waals surface area contributed by atoms with Crippen LogP contribution in [0.4, 0.5) is 0 Å². The van der Waals surface area contributed by atoms with Crippen LogP contribution in [0.3, 0.4) is 0 Å². The fraction of sp³-hybridized carbons (Fsp3) is 0.417. The fourth-order valence-corrected chi connectivity index (χ4v) is 4.02. The number of hydrogen-bond donors (Lipinski definition) is 2. The fourth-order valence-electron chi connectivity index (χ4n) is 3.55. The van der Waals surface area contributed by atoms with E-state index in [1.165, 1.54) is 0 Å². The number of ether oxygens (including phenoxy) is 2. The van der Waals surface area contributed by atoms with Gasteiger partial charge in [0, 0.05) is 12.2 Å². The first-order valence-corrected chi connectivity index (χ1v) is 11.9. The molecule has 31 heavy (non-hydrogen) atoms. The summed E-state index contributed by atoms with van der Waals surface area (Å²) in [4.78, 5) is 24.5. The summed E-state index contributed by atoms with van der Waals surface area (Å²) in [5, 5.41) is 12.1. The first-order valence-electron chi connectivity index (χ1n) is 10.5. The molecule has 1 fully saturated rings. The van der Waals surface area contributed by atoms with Gasteiger partial charge >= 0.3 is 5.97 Å². The lowest BCUT2D eigenvalue weighted by Gasteiger charge is -2.17. The van der Waals surface area contributed by atoms with Gasteiger partial charge in [-0.15, -0.1) is 0 Å². The Bertz CT molecular complexity index is 868. The lowest BCUT2D eigenvalue weighted by Crippen LogP contribution is -2.41. The second kappa shape index (κ2) is 11.9. The monoisotopic (exact) mass is 443 g/mol. The number of hydrogen-bond acceptors (Lipinski definition) is 5. The maximum atomic E-state index is 13.0. The normalized spacial score (nSPS) is 16.7. The summed E-state index contributed by atoms with van der Waals surface area (Å²) in [5.74, 6) is -0.758. The van der Waals surface area contributed by atoms with Crippen molar-refractivity contribution in [3.05, 3.63) is 59.7 Å². The molecule has 2 unspecified atom stereocenters. The van der Waals surface area contributed by atoms with Crippen molar-refractivity contribution >= 4 is 23.6 Å². The van der Waals surface area contributed by atoms with Crippen LogP contribution in [-0.4, -0.2) is 54.4 Å². The molecule has 2 atom stereocenters. The molecular weight excluding hydrogens is 414 g/mol. The van der Waals surface area contributed by atoms with Crippen molar-refractivity contribution in [3.63, 3.8) is 0 Å². The molecule has 7 heteroatoms. The van der Waals surface area contributed by atoms with Crippen LogP contribution in [-0.2, 0) is 20.9 Å². The molecule has 1 aliphatic rings. The minimum absolute atomic E-state index is 0.160. The highest BCUT2D eigenvalue weighted by atomic mass is 32.2. The minimum atomic E-state index is -1.03. The number of aliphatic carboxylic acids is 1. The summed E-state index contributed by atoms with van der Waals surface area (Å²) in [5.41, 5.74) is 3.05. The molecule has 1 aliphatic heterocycles. The summed E-state index contributed by atoms with van der Waals surface area (Å²) < 4.78 is 11.4. The third kappa shape index (κ3) is 6.82. The van der Waals surface area contributed by atoms with Crippen LogP contribution in [0.5, 0.6) is 0 Å². The van der Waals surface area contributed by atoms with E-state index in [1.807, 2.05) is 48.7 Å². The molecular formula is C24H29NO5S. The third-order valence-electron chi connectivity index (χ3n) is 5.22. The Balaban J connectivity index is 1.78. The summed E-state index contributed by atoms with van der Waals surface area (Å²) in [6.45, 7) is 1.77. The van der Waals surface area contributed by atoms with E-state index in [9.17, 15) is 14.7 Å². The van der Waals surface area contributed by atoms with E-state index < -0.39 is 12.0 Å². The quantitative estimate of drug-likeness (QED) is 0.546. The van der Waals surface area contributed by atoms with Gasteiger partial charge in [-0.05, 0) is 60.1 Å². The summed E-state index contributed by atoms with van der Waals surface area (Å²) >= 11 is 1.55. The molecule has 0 radical (unpaired) electrons. The first-order chi connectivity index (χ1) is 15.1. The Morgan fingerprint density at radius 1 is 1.26 bits per heavy atom. The summed E-state index contributed by atoms with van der Waals surface area (Å²) in [7, 11) is 0. The molecule has 1 heterocycles. The van der Waals surface area contributed by atoms with Crippen LogP contribution >= 0.6 is 11.8 Å². The Kier molecular flexibility index (Phi) is 8.94. The molecule has 0 bridgehead atoms. The number of rotatable bonds is 11. The van der Waals surface area contributed by atoms with Gasteiger partial charge in [0.15, 0.2) is 0 Å². The molecule has 0 aromatic heterocycles. The summed E-state index contributed by atoms with van der Waals surface area (Å²) in [6.07, 6.45) is 4.54. The molecule has 0 aliphatic carbocycles. The first kappa shape index (κ1) is 23.3. The van der Waals surface area contributed by atoms with Gasteiger partial charge in [0.1, 0.15) is 6.04 Å². The SMILES string of the molecule is CSCCC(NC(=O)c1ccc(COCC2CCCO2)cc1-c1ccccc1)C(=O)O. The number of carboxylic acid groups (broad SMARTS) is 1. The van der Waals surface area contributed by atoms with E-state index in [0.717, 1.165) is 36.1 Å². The zero-order chi connectivity index (χ0) is 22.1. The van der Waals surface area contributed by atoms with E-state index in [0.29, 0.717) is 31.0 Å². The molecule has 1 amide bonds. The standard InChI is InChI=1S/C24H29NO5S/c1-31-13-11-22(24(27)28)25-23(26)20-10-9-17(15-29-16-19-8-5-12-30-19)14-21(20)18-6-3-2-4-7-18/h2-4,6-7,9-10,14,19,22H,5,8,11-13,15-16H2,1H3,(H,25,26)(H,27,28).